The molecule has 2 rings (SSSR count). The average Bonchev–Trinajstić information content (AvgIpc) is 2.63. The van der Waals surface area contributed by atoms with Crippen LogP contribution in [0.5, 0.6) is 11.5 Å². The summed E-state index contributed by atoms with van der Waals surface area (Å²) in [4.78, 5) is 35.4. The number of nitrogens with one attached hydrogen (secondary N) is 2. The lowest BCUT2D eigenvalue weighted by Crippen LogP contribution is -2.50. The predicted molar refractivity (Wildman–Crippen MR) is 93.4 cm³/mol. The van der Waals surface area contributed by atoms with Gasteiger partial charge in [-0.1, -0.05) is 0 Å². The highest BCUT2D eigenvalue weighted by Crippen LogP contribution is 2.18. The Morgan fingerprint density at radius 3 is 2.46 bits per heavy atom. The molecule has 0 radical (unpaired) electrons. The highest BCUT2D eigenvalue weighted by atomic mass is 16.5. The zero-order valence-corrected chi connectivity index (χ0v) is 14.9. The first-order chi connectivity index (χ1) is 12.4. The Bertz CT molecular complexity index is 702. The van der Waals surface area contributed by atoms with Gasteiger partial charge in [0.25, 0.3) is 11.8 Å². The summed E-state index contributed by atoms with van der Waals surface area (Å²) in [5, 5.41) is 4.98. The Balaban J connectivity index is 1.82. The Labute approximate surface area is 151 Å². The Morgan fingerprint density at radius 2 is 1.85 bits per heavy atom. The van der Waals surface area contributed by atoms with E-state index in [1.807, 2.05) is 6.92 Å². The third-order valence-corrected chi connectivity index (χ3v) is 3.59. The van der Waals surface area contributed by atoms with Crippen LogP contribution in [0.3, 0.4) is 0 Å². The minimum absolute atomic E-state index is 0.164. The summed E-state index contributed by atoms with van der Waals surface area (Å²) in [6, 6.07) is 6.86. The zero-order chi connectivity index (χ0) is 19.1. The fourth-order valence-electron chi connectivity index (χ4n) is 2.16. The van der Waals surface area contributed by atoms with Crippen molar-refractivity contribution in [1.29, 1.82) is 0 Å². The van der Waals surface area contributed by atoms with Gasteiger partial charge in [-0.15, -0.1) is 0 Å². The molecular formula is C17H22N4O5. The zero-order valence-electron chi connectivity index (χ0n) is 14.9. The van der Waals surface area contributed by atoms with Gasteiger partial charge in [-0.2, -0.15) is 5.10 Å². The molecule has 1 aromatic rings. The minimum Gasteiger partial charge on any atom is -0.494 e. The highest BCUT2D eigenvalue weighted by Gasteiger charge is 2.23. The summed E-state index contributed by atoms with van der Waals surface area (Å²) in [7, 11) is 1.47. The van der Waals surface area contributed by atoms with Gasteiger partial charge in [0, 0.05) is 19.9 Å². The fourth-order valence-corrected chi connectivity index (χ4v) is 2.16. The van der Waals surface area contributed by atoms with E-state index < -0.39 is 17.9 Å². The summed E-state index contributed by atoms with van der Waals surface area (Å²) in [6.45, 7) is 4.01. The largest absolute Gasteiger partial charge is 0.494 e. The van der Waals surface area contributed by atoms with Crippen LogP contribution in [0.15, 0.2) is 29.4 Å². The number of hydrazone groups is 1. The van der Waals surface area contributed by atoms with E-state index in [2.05, 4.69) is 16.0 Å². The van der Waals surface area contributed by atoms with Crippen molar-refractivity contribution >= 4 is 23.4 Å². The lowest BCUT2D eigenvalue weighted by molar-refractivity contribution is -0.132. The van der Waals surface area contributed by atoms with Crippen molar-refractivity contribution in [2.75, 3.05) is 13.7 Å². The Kier molecular flexibility index (Phi) is 6.54. The molecule has 9 nitrogen and oxygen atoms in total. The number of carbonyl (C=O) groups is 3. The first kappa shape index (κ1) is 19.2. The maximum absolute atomic E-state index is 12.0. The number of nitrogens with zero attached hydrogens (tertiary/aromatic N) is 2. The van der Waals surface area contributed by atoms with E-state index in [9.17, 15) is 14.4 Å². The second-order valence-electron chi connectivity index (χ2n) is 5.57. The van der Waals surface area contributed by atoms with Gasteiger partial charge >= 0.3 is 0 Å². The molecule has 0 saturated carbocycles. The molecule has 9 heteroatoms. The molecule has 0 bridgehead atoms. The van der Waals surface area contributed by atoms with E-state index in [1.165, 1.54) is 7.05 Å². The van der Waals surface area contributed by atoms with Crippen molar-refractivity contribution < 1.29 is 23.9 Å². The van der Waals surface area contributed by atoms with Crippen LogP contribution in [-0.4, -0.2) is 48.2 Å². The molecule has 140 valence electrons. The number of amides is 3. The third-order valence-electron chi connectivity index (χ3n) is 3.59. The molecular weight excluding hydrogens is 340 g/mol. The van der Waals surface area contributed by atoms with Crippen molar-refractivity contribution in [2.24, 2.45) is 5.10 Å². The van der Waals surface area contributed by atoms with Gasteiger partial charge in [-0.05, 0) is 38.1 Å². The van der Waals surface area contributed by atoms with E-state index in [0.717, 1.165) is 5.01 Å². The molecule has 1 aromatic carbocycles. The van der Waals surface area contributed by atoms with Crippen LogP contribution >= 0.6 is 0 Å². The van der Waals surface area contributed by atoms with Crippen molar-refractivity contribution in [3.63, 3.8) is 0 Å². The molecule has 0 fully saturated rings. The highest BCUT2D eigenvalue weighted by molar-refractivity contribution is 6.39. The Morgan fingerprint density at radius 1 is 1.19 bits per heavy atom. The molecule has 1 heterocycles. The molecule has 0 aromatic heterocycles. The Hall–Kier alpha value is -3.10. The van der Waals surface area contributed by atoms with Crippen LogP contribution < -0.4 is 20.3 Å². The average molecular weight is 362 g/mol. The number of hydrogen-bond acceptors (Lipinski definition) is 6. The van der Waals surface area contributed by atoms with Crippen LogP contribution in [0.2, 0.25) is 0 Å². The van der Waals surface area contributed by atoms with Crippen molar-refractivity contribution in [3.8, 4) is 11.5 Å². The van der Waals surface area contributed by atoms with Gasteiger partial charge in [0.2, 0.25) is 5.91 Å². The maximum Gasteiger partial charge on any atom is 0.285 e. The summed E-state index contributed by atoms with van der Waals surface area (Å²) < 4.78 is 10.8. The molecule has 2 N–H and O–H groups in total. The van der Waals surface area contributed by atoms with Gasteiger partial charge in [0.05, 0.1) is 6.61 Å². The monoisotopic (exact) mass is 362 g/mol. The number of hydrogen-bond donors (Lipinski definition) is 2. The van der Waals surface area contributed by atoms with Gasteiger partial charge < -0.3 is 9.47 Å². The number of hydrazine groups is 1. The van der Waals surface area contributed by atoms with Crippen LogP contribution in [0, 0.1) is 0 Å². The quantitative estimate of drug-likeness (QED) is 0.721. The topological polar surface area (TPSA) is 109 Å². The van der Waals surface area contributed by atoms with E-state index >= 15 is 0 Å². The number of carbonyl (C=O) groups excluding carboxylic acids is 3. The normalized spacial score (nSPS) is 15.0. The van der Waals surface area contributed by atoms with Gasteiger partial charge in [0.1, 0.15) is 17.2 Å². The minimum atomic E-state index is -0.828. The molecule has 0 aliphatic carbocycles. The third kappa shape index (κ3) is 5.20. The first-order valence-electron chi connectivity index (χ1n) is 8.24. The second-order valence-corrected chi connectivity index (χ2v) is 5.57. The smallest absolute Gasteiger partial charge is 0.285 e. The molecule has 0 unspecified atom stereocenters. The van der Waals surface area contributed by atoms with Crippen molar-refractivity contribution in [1.82, 2.24) is 15.9 Å². The molecule has 1 atom stereocenters. The maximum atomic E-state index is 12.0. The summed E-state index contributed by atoms with van der Waals surface area (Å²) in [6.07, 6.45) is -0.400. The standard InChI is InChI=1S/C17H22N4O5/c1-4-25-12-5-7-13(8-6-12)26-11(2)16(23)18-19-17(24)14-9-10-15(22)21(3)20-14/h5-8,11H,4,9-10H2,1-3H3,(H,18,23)(H,19,24)/t11-/m1/s1. The molecule has 1 aliphatic rings. The number of rotatable bonds is 6. The molecule has 3 amide bonds. The van der Waals surface area contributed by atoms with Crippen LogP contribution in [0.1, 0.15) is 26.7 Å². The van der Waals surface area contributed by atoms with Gasteiger partial charge in [-0.25, -0.2) is 5.01 Å². The summed E-state index contributed by atoms with van der Waals surface area (Å²) in [5.74, 6) is -0.0397. The molecule has 0 saturated heterocycles. The summed E-state index contributed by atoms with van der Waals surface area (Å²) >= 11 is 0. The SMILES string of the molecule is CCOc1ccc(O[C@H](C)C(=O)NNC(=O)C2=NN(C)C(=O)CC2)cc1. The predicted octanol–water partition coefficient (Wildman–Crippen LogP) is 0.608. The fraction of sp³-hybridized carbons (Fsp3) is 0.412. The van der Waals surface area contributed by atoms with Crippen molar-refractivity contribution in [3.05, 3.63) is 24.3 Å². The first-order valence-corrected chi connectivity index (χ1v) is 8.24. The van der Waals surface area contributed by atoms with E-state index in [4.69, 9.17) is 9.47 Å². The second kappa shape index (κ2) is 8.84. The number of ether oxygens (including phenoxy) is 2. The lowest BCUT2D eigenvalue weighted by atomic mass is 10.1. The lowest BCUT2D eigenvalue weighted by Gasteiger charge is -2.19. The van der Waals surface area contributed by atoms with E-state index in [0.29, 0.717) is 18.1 Å². The molecule has 0 spiro atoms. The number of benzene rings is 1. The summed E-state index contributed by atoms with van der Waals surface area (Å²) in [5.41, 5.74) is 4.73. The van der Waals surface area contributed by atoms with Crippen LogP contribution in [0.4, 0.5) is 0 Å². The molecule has 26 heavy (non-hydrogen) atoms. The van der Waals surface area contributed by atoms with E-state index in [-0.39, 0.29) is 24.5 Å². The van der Waals surface area contributed by atoms with Gasteiger partial charge in [-0.3, -0.25) is 25.2 Å². The van der Waals surface area contributed by atoms with Crippen LogP contribution in [0.25, 0.3) is 0 Å². The van der Waals surface area contributed by atoms with Crippen LogP contribution in [-0.2, 0) is 14.4 Å². The van der Waals surface area contributed by atoms with Gasteiger partial charge in [0.15, 0.2) is 6.10 Å². The molecule has 1 aliphatic heterocycles. The van der Waals surface area contributed by atoms with Crippen molar-refractivity contribution in [2.45, 2.75) is 32.8 Å². The van der Waals surface area contributed by atoms with E-state index in [1.54, 1.807) is 31.2 Å².